The average Bonchev–Trinajstić information content (AvgIpc) is 2.73. The summed E-state index contributed by atoms with van der Waals surface area (Å²) in [4.78, 5) is 12.2. The van der Waals surface area contributed by atoms with E-state index >= 15 is 0 Å². The summed E-state index contributed by atoms with van der Waals surface area (Å²) in [5, 5.41) is 15.9. The van der Waals surface area contributed by atoms with E-state index in [9.17, 15) is 22.7 Å². The SMILES string of the molecule is O=C(Nc1cc(Cl)cc(Cl)c1)N[C@@H]1CC[C@@H](CCNS(=O)(=O)c2cccc(F)c2)O[C@H]1CO. The number of carbonyl (C=O) groups excluding carboxylic acids is 1. The molecule has 3 rings (SSSR count). The molecule has 0 aliphatic carbocycles. The van der Waals surface area contributed by atoms with E-state index in [2.05, 4.69) is 15.4 Å². The number of rotatable bonds is 8. The minimum Gasteiger partial charge on any atom is -0.394 e. The van der Waals surface area contributed by atoms with Gasteiger partial charge in [-0.1, -0.05) is 29.3 Å². The van der Waals surface area contributed by atoms with E-state index in [0.29, 0.717) is 35.0 Å². The van der Waals surface area contributed by atoms with Crippen LogP contribution in [0.2, 0.25) is 10.0 Å². The van der Waals surface area contributed by atoms with Gasteiger partial charge in [0.25, 0.3) is 0 Å². The Bertz CT molecular complexity index is 1070. The van der Waals surface area contributed by atoms with Gasteiger partial charge in [-0.15, -0.1) is 0 Å². The first kappa shape index (κ1) is 25.7. The molecule has 1 aliphatic rings. The van der Waals surface area contributed by atoms with Crippen molar-refractivity contribution in [3.05, 3.63) is 58.3 Å². The lowest BCUT2D eigenvalue weighted by Crippen LogP contribution is -2.52. The van der Waals surface area contributed by atoms with Gasteiger partial charge in [-0.05, 0) is 55.7 Å². The van der Waals surface area contributed by atoms with E-state index in [1.165, 1.54) is 18.2 Å². The van der Waals surface area contributed by atoms with Gasteiger partial charge in [-0.2, -0.15) is 0 Å². The number of anilines is 1. The first-order valence-electron chi connectivity index (χ1n) is 10.2. The predicted molar refractivity (Wildman–Crippen MR) is 124 cm³/mol. The summed E-state index contributed by atoms with van der Waals surface area (Å²) in [5.41, 5.74) is 0.422. The lowest BCUT2D eigenvalue weighted by Gasteiger charge is -2.36. The number of hydrogen-bond acceptors (Lipinski definition) is 5. The molecule has 8 nitrogen and oxygen atoms in total. The Morgan fingerprint density at radius 2 is 1.88 bits per heavy atom. The molecule has 1 aliphatic heterocycles. The second-order valence-corrected chi connectivity index (χ2v) is 10.2. The maximum atomic E-state index is 13.3. The maximum Gasteiger partial charge on any atom is 0.319 e. The van der Waals surface area contributed by atoms with E-state index in [0.717, 1.165) is 6.07 Å². The molecular weight excluding hydrogens is 496 g/mol. The van der Waals surface area contributed by atoms with Gasteiger partial charge < -0.3 is 20.5 Å². The standard InChI is InChI=1S/C21H24Cl2FN3O5S/c22-13-8-14(23)10-16(9-13)26-21(29)27-19-5-4-17(32-20(19)12-28)6-7-25-33(30,31)18-3-1-2-15(24)11-18/h1-3,8-11,17,19-20,25,28H,4-7,12H2,(H2,26,27,29)/t17-,19+,20-/m0/s1. The Labute approximate surface area is 201 Å². The molecule has 12 heteroatoms. The van der Waals surface area contributed by atoms with Crippen LogP contribution in [0.3, 0.4) is 0 Å². The normalized spacial score (nSPS) is 20.9. The molecule has 2 amide bonds. The zero-order valence-electron chi connectivity index (χ0n) is 17.4. The van der Waals surface area contributed by atoms with Crippen LogP contribution >= 0.6 is 23.2 Å². The topological polar surface area (TPSA) is 117 Å². The van der Waals surface area contributed by atoms with Crippen molar-refractivity contribution in [3.63, 3.8) is 0 Å². The van der Waals surface area contributed by atoms with Crippen LogP contribution in [0, 0.1) is 5.82 Å². The molecule has 0 unspecified atom stereocenters. The fourth-order valence-electron chi connectivity index (χ4n) is 3.54. The molecule has 0 aromatic heterocycles. The van der Waals surface area contributed by atoms with Crippen LogP contribution in [0.5, 0.6) is 0 Å². The van der Waals surface area contributed by atoms with E-state index < -0.39 is 34.0 Å². The number of urea groups is 1. The lowest BCUT2D eigenvalue weighted by molar-refractivity contribution is -0.0884. The van der Waals surface area contributed by atoms with Gasteiger partial charge in [0.05, 0.1) is 23.6 Å². The zero-order chi connectivity index (χ0) is 24.0. The summed E-state index contributed by atoms with van der Waals surface area (Å²) in [5.74, 6) is -0.639. The quantitative estimate of drug-likeness (QED) is 0.425. The number of benzene rings is 2. The molecule has 0 bridgehead atoms. The van der Waals surface area contributed by atoms with E-state index in [4.69, 9.17) is 27.9 Å². The van der Waals surface area contributed by atoms with Crippen molar-refractivity contribution in [1.82, 2.24) is 10.0 Å². The Morgan fingerprint density at radius 1 is 1.15 bits per heavy atom. The number of hydrogen-bond donors (Lipinski definition) is 4. The molecule has 4 N–H and O–H groups in total. The Hall–Kier alpha value is -1.95. The fourth-order valence-corrected chi connectivity index (χ4v) is 5.15. The van der Waals surface area contributed by atoms with E-state index in [1.54, 1.807) is 18.2 Å². The molecule has 1 fully saturated rings. The van der Waals surface area contributed by atoms with E-state index in [1.807, 2.05) is 0 Å². The molecule has 1 saturated heterocycles. The van der Waals surface area contributed by atoms with Crippen molar-refractivity contribution in [3.8, 4) is 0 Å². The number of amides is 2. The van der Waals surface area contributed by atoms with Gasteiger partial charge in [0, 0.05) is 22.3 Å². The van der Waals surface area contributed by atoms with Gasteiger partial charge >= 0.3 is 6.03 Å². The smallest absolute Gasteiger partial charge is 0.319 e. The first-order chi connectivity index (χ1) is 15.7. The van der Waals surface area contributed by atoms with Gasteiger partial charge in [-0.3, -0.25) is 0 Å². The van der Waals surface area contributed by atoms with Gasteiger partial charge in [-0.25, -0.2) is 22.3 Å². The highest BCUT2D eigenvalue weighted by Gasteiger charge is 2.32. The number of aliphatic hydroxyl groups excluding tert-OH is 1. The van der Waals surface area contributed by atoms with Crippen LogP contribution in [0.25, 0.3) is 0 Å². The van der Waals surface area contributed by atoms with Gasteiger partial charge in [0.15, 0.2) is 0 Å². The van der Waals surface area contributed by atoms with Gasteiger partial charge in [0.2, 0.25) is 10.0 Å². The molecule has 0 radical (unpaired) electrons. The number of nitrogens with one attached hydrogen (secondary N) is 3. The molecule has 0 spiro atoms. The summed E-state index contributed by atoms with van der Waals surface area (Å²) in [6.45, 7) is -0.241. The third kappa shape index (κ3) is 7.53. The number of carbonyl (C=O) groups is 1. The van der Waals surface area contributed by atoms with Crippen molar-refractivity contribution in [1.29, 1.82) is 0 Å². The van der Waals surface area contributed by atoms with Crippen molar-refractivity contribution in [2.75, 3.05) is 18.5 Å². The summed E-state index contributed by atoms with van der Waals surface area (Å²) >= 11 is 11.9. The third-order valence-electron chi connectivity index (χ3n) is 5.10. The molecule has 2 aromatic rings. The van der Waals surface area contributed by atoms with Crippen molar-refractivity contribution in [2.45, 2.75) is 42.4 Å². The molecular formula is C21H24Cl2FN3O5S. The minimum atomic E-state index is -3.84. The molecule has 1 heterocycles. The van der Waals surface area contributed by atoms with Crippen LogP contribution in [-0.4, -0.2) is 51.0 Å². The second-order valence-electron chi connectivity index (χ2n) is 7.56. The van der Waals surface area contributed by atoms with Crippen LogP contribution in [-0.2, 0) is 14.8 Å². The van der Waals surface area contributed by atoms with Crippen molar-refractivity contribution < 1.29 is 27.4 Å². The van der Waals surface area contributed by atoms with Crippen LogP contribution < -0.4 is 15.4 Å². The van der Waals surface area contributed by atoms with Crippen LogP contribution in [0.4, 0.5) is 14.9 Å². The summed E-state index contributed by atoms with van der Waals surface area (Å²) in [6.07, 6.45) is 0.454. The number of halogens is 3. The molecule has 0 saturated carbocycles. The number of ether oxygens (including phenoxy) is 1. The van der Waals surface area contributed by atoms with Crippen molar-refractivity contribution >= 4 is 44.9 Å². The van der Waals surface area contributed by atoms with Crippen LogP contribution in [0.1, 0.15) is 19.3 Å². The van der Waals surface area contributed by atoms with Crippen molar-refractivity contribution in [2.24, 2.45) is 0 Å². The first-order valence-corrected chi connectivity index (χ1v) is 12.5. The van der Waals surface area contributed by atoms with E-state index in [-0.39, 0.29) is 24.2 Å². The lowest BCUT2D eigenvalue weighted by atomic mass is 9.97. The number of sulfonamides is 1. The summed E-state index contributed by atoms with van der Waals surface area (Å²) < 4.78 is 46.1. The monoisotopic (exact) mass is 519 g/mol. The fraction of sp³-hybridized carbons (Fsp3) is 0.381. The summed E-state index contributed by atoms with van der Waals surface area (Å²) in [7, 11) is -3.84. The summed E-state index contributed by atoms with van der Waals surface area (Å²) in [6, 6.07) is 8.45. The Kier molecular flexibility index (Phi) is 8.91. The Balaban J connectivity index is 1.48. The average molecular weight is 520 g/mol. The Morgan fingerprint density at radius 3 is 2.55 bits per heavy atom. The molecule has 33 heavy (non-hydrogen) atoms. The molecule has 180 valence electrons. The number of aliphatic hydroxyl groups is 1. The zero-order valence-corrected chi connectivity index (χ0v) is 19.8. The highest BCUT2D eigenvalue weighted by Crippen LogP contribution is 2.24. The largest absolute Gasteiger partial charge is 0.394 e. The van der Waals surface area contributed by atoms with Crippen LogP contribution in [0.15, 0.2) is 47.4 Å². The third-order valence-corrected chi connectivity index (χ3v) is 6.99. The van der Waals surface area contributed by atoms with Gasteiger partial charge in [0.1, 0.15) is 11.9 Å². The molecule has 2 aromatic carbocycles. The molecule has 3 atom stereocenters. The predicted octanol–water partition coefficient (Wildman–Crippen LogP) is 3.53. The second kappa shape index (κ2) is 11.5. The highest BCUT2D eigenvalue weighted by molar-refractivity contribution is 7.89. The highest BCUT2D eigenvalue weighted by atomic mass is 35.5. The minimum absolute atomic E-state index is 0.0791. The maximum absolute atomic E-state index is 13.3.